The number of benzene rings is 2. The summed E-state index contributed by atoms with van der Waals surface area (Å²) in [4.78, 5) is 14.2. The van der Waals surface area contributed by atoms with Crippen LogP contribution in [0.4, 0.5) is 10.1 Å². The van der Waals surface area contributed by atoms with E-state index in [0.717, 1.165) is 18.7 Å². The maximum atomic E-state index is 14.4. The van der Waals surface area contributed by atoms with E-state index in [2.05, 4.69) is 10.2 Å². The van der Waals surface area contributed by atoms with Gasteiger partial charge in [0.1, 0.15) is 16.5 Å². The van der Waals surface area contributed by atoms with E-state index >= 15 is 0 Å². The Balaban J connectivity index is 1.78. The first-order valence-corrected chi connectivity index (χ1v) is 11.4. The van der Waals surface area contributed by atoms with Crippen molar-refractivity contribution in [2.24, 2.45) is 0 Å². The quantitative estimate of drug-likeness (QED) is 0.724. The number of nitrogens with zero attached hydrogens (tertiary/aromatic N) is 2. The highest BCUT2D eigenvalue weighted by Gasteiger charge is 2.31. The molecule has 0 aliphatic carbocycles. The van der Waals surface area contributed by atoms with Crippen LogP contribution in [0, 0.1) is 5.82 Å². The van der Waals surface area contributed by atoms with Crippen LogP contribution in [0.15, 0.2) is 47.4 Å². The highest BCUT2D eigenvalue weighted by atomic mass is 32.2. The molecule has 2 aromatic rings. The van der Waals surface area contributed by atoms with Gasteiger partial charge in [0, 0.05) is 37.4 Å². The molecule has 7 nitrogen and oxygen atoms in total. The summed E-state index contributed by atoms with van der Waals surface area (Å²) in [6.07, 6.45) is 0. The largest absolute Gasteiger partial charge is 0.494 e. The van der Waals surface area contributed by atoms with Crippen LogP contribution in [0.25, 0.3) is 0 Å². The Labute approximate surface area is 176 Å². The Kier molecular flexibility index (Phi) is 7.06. The first-order chi connectivity index (χ1) is 14.3. The molecule has 1 fully saturated rings. The van der Waals surface area contributed by atoms with E-state index in [-0.39, 0.29) is 18.7 Å². The number of carbonyl (C=O) groups excluding carboxylic acids is 1. The molecule has 3 rings (SSSR count). The minimum atomic E-state index is -4.03. The van der Waals surface area contributed by atoms with Crippen molar-refractivity contribution >= 4 is 21.6 Å². The maximum absolute atomic E-state index is 14.4. The minimum absolute atomic E-state index is 0.0658. The van der Waals surface area contributed by atoms with Crippen molar-refractivity contribution in [3.63, 3.8) is 0 Å². The van der Waals surface area contributed by atoms with E-state index < -0.39 is 26.6 Å². The van der Waals surface area contributed by atoms with Gasteiger partial charge in [-0.2, -0.15) is 4.31 Å². The van der Waals surface area contributed by atoms with Gasteiger partial charge in [0.15, 0.2) is 0 Å². The smallest absolute Gasteiger partial charge is 0.255 e. The predicted octanol–water partition coefficient (Wildman–Crippen LogP) is 2.80. The maximum Gasteiger partial charge on any atom is 0.255 e. The van der Waals surface area contributed by atoms with Crippen LogP contribution >= 0.6 is 0 Å². The summed E-state index contributed by atoms with van der Waals surface area (Å²) < 4.78 is 47.0. The fourth-order valence-corrected chi connectivity index (χ4v) is 4.78. The molecule has 0 saturated carbocycles. The average molecular weight is 436 g/mol. The molecular weight excluding hydrogens is 409 g/mol. The Morgan fingerprint density at radius 1 is 1.07 bits per heavy atom. The van der Waals surface area contributed by atoms with Gasteiger partial charge in [-0.25, -0.2) is 12.8 Å². The van der Waals surface area contributed by atoms with Gasteiger partial charge in [-0.15, -0.1) is 0 Å². The molecule has 30 heavy (non-hydrogen) atoms. The van der Waals surface area contributed by atoms with E-state index in [1.165, 1.54) is 10.4 Å². The first-order valence-electron chi connectivity index (χ1n) is 9.91. The van der Waals surface area contributed by atoms with Crippen LogP contribution in [0.3, 0.4) is 0 Å². The predicted molar refractivity (Wildman–Crippen MR) is 113 cm³/mol. The molecule has 1 amide bonds. The number of hydrogen-bond donors (Lipinski definition) is 1. The van der Waals surface area contributed by atoms with Gasteiger partial charge in [-0.05, 0) is 55.9 Å². The Morgan fingerprint density at radius 3 is 2.33 bits per heavy atom. The molecule has 0 atom stereocenters. The summed E-state index contributed by atoms with van der Waals surface area (Å²) in [5, 5.41) is 2.69. The third-order valence-electron chi connectivity index (χ3n) is 5.01. The molecule has 162 valence electrons. The van der Waals surface area contributed by atoms with Crippen molar-refractivity contribution in [3.05, 3.63) is 53.8 Å². The lowest BCUT2D eigenvalue weighted by molar-refractivity contribution is 0.102. The van der Waals surface area contributed by atoms with Gasteiger partial charge in [0.25, 0.3) is 5.91 Å². The number of ether oxygens (including phenoxy) is 1. The van der Waals surface area contributed by atoms with E-state index in [0.29, 0.717) is 31.1 Å². The van der Waals surface area contributed by atoms with Crippen LogP contribution < -0.4 is 10.1 Å². The number of sulfonamides is 1. The SMILES string of the molecule is CCOc1ccc(NC(=O)c2ccc(F)c(S(=O)(=O)N3CCN(CC)CC3)c2)cc1. The molecule has 0 bridgehead atoms. The van der Waals surface area contributed by atoms with Crippen LogP contribution in [-0.2, 0) is 10.0 Å². The van der Waals surface area contributed by atoms with Gasteiger partial charge < -0.3 is 15.0 Å². The summed E-state index contributed by atoms with van der Waals surface area (Å²) in [5.74, 6) is -0.717. The number of anilines is 1. The zero-order valence-corrected chi connectivity index (χ0v) is 17.9. The molecule has 1 N–H and O–H groups in total. The second kappa shape index (κ2) is 9.55. The minimum Gasteiger partial charge on any atom is -0.494 e. The standard InChI is InChI=1S/C21H26FN3O4S/c1-3-24-11-13-25(14-12-24)30(27,28)20-15-16(5-10-19(20)22)21(26)23-17-6-8-18(9-7-17)29-4-2/h5-10,15H,3-4,11-14H2,1-2H3,(H,23,26). The molecular formula is C21H26FN3O4S. The second-order valence-electron chi connectivity index (χ2n) is 6.90. The molecule has 0 radical (unpaired) electrons. The van der Waals surface area contributed by atoms with Crippen LogP contribution in [0.5, 0.6) is 5.75 Å². The van der Waals surface area contributed by atoms with Gasteiger partial charge in [0.2, 0.25) is 10.0 Å². The third kappa shape index (κ3) is 4.97. The van der Waals surface area contributed by atoms with E-state index in [1.54, 1.807) is 24.3 Å². The number of carbonyl (C=O) groups is 1. The number of rotatable bonds is 7. The Morgan fingerprint density at radius 2 is 1.73 bits per heavy atom. The lowest BCUT2D eigenvalue weighted by Crippen LogP contribution is -2.48. The van der Waals surface area contributed by atoms with Crippen molar-refractivity contribution in [2.75, 3.05) is 44.6 Å². The summed E-state index contributed by atoms with van der Waals surface area (Å²) >= 11 is 0. The second-order valence-corrected chi connectivity index (χ2v) is 8.80. The van der Waals surface area contributed by atoms with Gasteiger partial charge in [-0.1, -0.05) is 6.92 Å². The van der Waals surface area contributed by atoms with Crippen molar-refractivity contribution in [1.29, 1.82) is 0 Å². The molecule has 2 aromatic carbocycles. The number of hydrogen-bond acceptors (Lipinski definition) is 5. The van der Waals surface area contributed by atoms with Gasteiger partial charge in [0.05, 0.1) is 6.61 Å². The summed E-state index contributed by atoms with van der Waals surface area (Å²) in [5.41, 5.74) is 0.587. The monoisotopic (exact) mass is 435 g/mol. The summed E-state index contributed by atoms with van der Waals surface area (Å²) in [6, 6.07) is 10.2. The summed E-state index contributed by atoms with van der Waals surface area (Å²) in [6.45, 7) is 7.02. The van der Waals surface area contributed by atoms with E-state index in [9.17, 15) is 17.6 Å². The zero-order valence-electron chi connectivity index (χ0n) is 17.1. The lowest BCUT2D eigenvalue weighted by atomic mass is 10.2. The van der Waals surface area contributed by atoms with Crippen molar-refractivity contribution in [2.45, 2.75) is 18.7 Å². The van der Waals surface area contributed by atoms with Crippen LogP contribution in [-0.4, -0.2) is 62.9 Å². The normalized spacial score (nSPS) is 15.7. The summed E-state index contributed by atoms with van der Waals surface area (Å²) in [7, 11) is -4.03. The van der Waals surface area contributed by atoms with Gasteiger partial charge in [-0.3, -0.25) is 4.79 Å². The van der Waals surface area contributed by atoms with Crippen molar-refractivity contribution in [1.82, 2.24) is 9.21 Å². The number of nitrogens with one attached hydrogen (secondary N) is 1. The number of piperazine rings is 1. The third-order valence-corrected chi connectivity index (χ3v) is 6.93. The highest BCUT2D eigenvalue weighted by molar-refractivity contribution is 7.89. The van der Waals surface area contributed by atoms with E-state index in [1.807, 2.05) is 13.8 Å². The van der Waals surface area contributed by atoms with E-state index in [4.69, 9.17) is 4.74 Å². The van der Waals surface area contributed by atoms with Crippen molar-refractivity contribution < 1.29 is 22.3 Å². The highest BCUT2D eigenvalue weighted by Crippen LogP contribution is 2.23. The lowest BCUT2D eigenvalue weighted by Gasteiger charge is -2.33. The molecule has 1 saturated heterocycles. The van der Waals surface area contributed by atoms with Gasteiger partial charge >= 0.3 is 0 Å². The molecule has 1 aliphatic rings. The fourth-order valence-electron chi connectivity index (χ4n) is 3.27. The van der Waals surface area contributed by atoms with Crippen molar-refractivity contribution in [3.8, 4) is 5.75 Å². The Hall–Kier alpha value is -2.49. The zero-order chi connectivity index (χ0) is 21.7. The molecule has 0 unspecified atom stereocenters. The van der Waals surface area contributed by atoms with Crippen LogP contribution in [0.2, 0.25) is 0 Å². The molecule has 0 spiro atoms. The molecule has 0 aromatic heterocycles. The Bertz CT molecular complexity index is 988. The molecule has 9 heteroatoms. The molecule has 1 aliphatic heterocycles. The topological polar surface area (TPSA) is 78.9 Å². The number of halogens is 1. The molecule has 1 heterocycles. The number of amides is 1. The first kappa shape index (κ1) is 22.2. The average Bonchev–Trinajstić information content (AvgIpc) is 2.75. The fraction of sp³-hybridized carbons (Fsp3) is 0.381. The van der Waals surface area contributed by atoms with Crippen LogP contribution in [0.1, 0.15) is 24.2 Å². The number of likely N-dealkylation sites (N-methyl/N-ethyl adjacent to an activating group) is 1.